The number of anilines is 3. The van der Waals surface area contributed by atoms with E-state index in [0.29, 0.717) is 0 Å². The second-order valence-electron chi connectivity index (χ2n) is 9.46. The maximum absolute atomic E-state index is 5.42. The molecule has 184 valence electrons. The van der Waals surface area contributed by atoms with Gasteiger partial charge in [-0.2, -0.15) is 4.57 Å². The van der Waals surface area contributed by atoms with Gasteiger partial charge in [0.05, 0.1) is 19.8 Å². The zero-order chi connectivity index (χ0) is 25.1. The number of methoxy groups -OCH3 is 2. The average molecular weight is 480 g/mol. The SMILES string of the molecule is CCC1(CC)CCc2ccc(N(c3ccc(OC)cc3)c3ccc(OC)cc3)cc2-c2cccc[n+]21. The van der Waals surface area contributed by atoms with E-state index in [1.54, 1.807) is 14.2 Å². The van der Waals surface area contributed by atoms with Crippen LogP contribution in [0.15, 0.2) is 91.1 Å². The number of ether oxygens (including phenoxy) is 2. The van der Waals surface area contributed by atoms with Crippen LogP contribution in [0.25, 0.3) is 11.3 Å². The van der Waals surface area contributed by atoms with Gasteiger partial charge in [-0.05, 0) is 78.7 Å². The summed E-state index contributed by atoms with van der Waals surface area (Å²) < 4.78 is 13.4. The van der Waals surface area contributed by atoms with Gasteiger partial charge in [0.25, 0.3) is 0 Å². The van der Waals surface area contributed by atoms with Crippen LogP contribution in [-0.4, -0.2) is 14.2 Å². The normalized spacial score (nSPS) is 13.8. The van der Waals surface area contributed by atoms with E-state index in [2.05, 4.69) is 90.2 Å². The third-order valence-corrected chi connectivity index (χ3v) is 7.84. The van der Waals surface area contributed by atoms with E-state index in [1.165, 1.54) is 16.8 Å². The Balaban J connectivity index is 1.68. The fourth-order valence-corrected chi connectivity index (χ4v) is 5.58. The highest BCUT2D eigenvalue weighted by Gasteiger charge is 2.40. The molecule has 0 N–H and O–H groups in total. The van der Waals surface area contributed by atoms with Gasteiger partial charge < -0.3 is 14.4 Å². The zero-order valence-corrected chi connectivity index (χ0v) is 21.7. The Bertz CT molecular complexity index is 1280. The Labute approximate surface area is 214 Å². The number of fused-ring (bicyclic) bond motifs is 3. The third-order valence-electron chi connectivity index (χ3n) is 7.84. The van der Waals surface area contributed by atoms with Gasteiger partial charge >= 0.3 is 0 Å². The van der Waals surface area contributed by atoms with Crippen LogP contribution in [0.1, 0.15) is 38.7 Å². The lowest BCUT2D eigenvalue weighted by atomic mass is 9.86. The first-order valence-electron chi connectivity index (χ1n) is 12.8. The van der Waals surface area contributed by atoms with Gasteiger partial charge in [0, 0.05) is 48.5 Å². The molecule has 2 heterocycles. The van der Waals surface area contributed by atoms with Crippen molar-refractivity contribution in [2.24, 2.45) is 0 Å². The molecule has 0 atom stereocenters. The number of hydrogen-bond acceptors (Lipinski definition) is 3. The van der Waals surface area contributed by atoms with E-state index < -0.39 is 0 Å². The summed E-state index contributed by atoms with van der Waals surface area (Å²) in [7, 11) is 3.40. The summed E-state index contributed by atoms with van der Waals surface area (Å²) in [4.78, 5) is 2.30. The molecule has 0 spiro atoms. The minimum absolute atomic E-state index is 0.140. The smallest absolute Gasteiger partial charge is 0.213 e. The van der Waals surface area contributed by atoms with E-state index in [1.807, 2.05) is 24.3 Å². The minimum atomic E-state index is 0.140. The Morgan fingerprint density at radius 2 is 1.33 bits per heavy atom. The zero-order valence-electron chi connectivity index (χ0n) is 21.7. The molecule has 1 aliphatic heterocycles. The summed E-state index contributed by atoms with van der Waals surface area (Å²) in [5, 5.41) is 0. The molecular weight excluding hydrogens is 444 g/mol. The van der Waals surface area contributed by atoms with Gasteiger partial charge in [-0.15, -0.1) is 0 Å². The summed E-state index contributed by atoms with van der Waals surface area (Å²) in [5.74, 6) is 1.69. The molecule has 1 aliphatic rings. The lowest BCUT2D eigenvalue weighted by molar-refractivity contribution is -0.757. The first-order valence-corrected chi connectivity index (χ1v) is 12.8. The largest absolute Gasteiger partial charge is 0.497 e. The van der Waals surface area contributed by atoms with Crippen molar-refractivity contribution in [3.8, 4) is 22.8 Å². The molecule has 0 aliphatic carbocycles. The maximum atomic E-state index is 5.42. The molecule has 0 saturated heterocycles. The van der Waals surface area contributed by atoms with Gasteiger partial charge in [-0.25, -0.2) is 0 Å². The van der Waals surface area contributed by atoms with Crippen molar-refractivity contribution in [1.29, 1.82) is 0 Å². The van der Waals surface area contributed by atoms with Crippen LogP contribution in [0, 0.1) is 0 Å². The number of aromatic nitrogens is 1. The van der Waals surface area contributed by atoms with Gasteiger partial charge in [0.15, 0.2) is 11.7 Å². The lowest BCUT2D eigenvalue weighted by Crippen LogP contribution is -2.56. The fraction of sp³-hybridized carbons (Fsp3) is 0.281. The number of aryl methyl sites for hydroxylation is 1. The van der Waals surface area contributed by atoms with Crippen molar-refractivity contribution in [2.45, 2.75) is 45.1 Å². The molecule has 0 saturated carbocycles. The molecule has 4 nitrogen and oxygen atoms in total. The molecule has 3 aromatic carbocycles. The summed E-state index contributed by atoms with van der Waals surface area (Å²) in [6.07, 6.45) is 6.74. The highest BCUT2D eigenvalue weighted by molar-refractivity contribution is 5.80. The van der Waals surface area contributed by atoms with E-state index in [4.69, 9.17) is 9.47 Å². The van der Waals surface area contributed by atoms with E-state index in [9.17, 15) is 0 Å². The van der Waals surface area contributed by atoms with Gasteiger partial charge in [-0.3, -0.25) is 0 Å². The molecule has 0 fully saturated rings. The molecule has 0 amide bonds. The number of pyridine rings is 1. The number of rotatable bonds is 7. The first kappa shape index (κ1) is 23.9. The second kappa shape index (κ2) is 10.1. The van der Waals surface area contributed by atoms with Crippen LogP contribution in [0.2, 0.25) is 0 Å². The van der Waals surface area contributed by atoms with Crippen molar-refractivity contribution in [2.75, 3.05) is 19.1 Å². The highest BCUT2D eigenvalue weighted by Crippen LogP contribution is 2.41. The lowest BCUT2D eigenvalue weighted by Gasteiger charge is -2.27. The quantitative estimate of drug-likeness (QED) is 0.255. The predicted molar refractivity (Wildman–Crippen MR) is 147 cm³/mol. The second-order valence-corrected chi connectivity index (χ2v) is 9.46. The van der Waals surface area contributed by atoms with Crippen LogP contribution in [-0.2, 0) is 12.0 Å². The van der Waals surface area contributed by atoms with Crippen molar-refractivity contribution in [3.05, 3.63) is 96.7 Å². The third kappa shape index (κ3) is 4.21. The van der Waals surface area contributed by atoms with Crippen LogP contribution in [0.4, 0.5) is 17.1 Å². The van der Waals surface area contributed by atoms with E-state index in [0.717, 1.165) is 54.2 Å². The number of hydrogen-bond donors (Lipinski definition) is 0. The molecule has 5 rings (SSSR count). The van der Waals surface area contributed by atoms with Crippen LogP contribution in [0.3, 0.4) is 0 Å². The summed E-state index contributed by atoms with van der Waals surface area (Å²) in [5.41, 5.74) is 7.43. The highest BCUT2D eigenvalue weighted by atomic mass is 16.5. The van der Waals surface area contributed by atoms with Crippen LogP contribution in [0.5, 0.6) is 11.5 Å². The van der Waals surface area contributed by atoms with Crippen LogP contribution < -0.4 is 18.9 Å². The molecule has 0 unspecified atom stereocenters. The molecular formula is C32H35N2O2+. The van der Waals surface area contributed by atoms with Crippen molar-refractivity contribution in [3.63, 3.8) is 0 Å². The molecule has 4 aromatic rings. The van der Waals surface area contributed by atoms with Crippen molar-refractivity contribution < 1.29 is 14.0 Å². The Morgan fingerprint density at radius 3 is 1.89 bits per heavy atom. The summed E-state index contributed by atoms with van der Waals surface area (Å²) in [6, 6.07) is 30.0. The molecule has 1 aromatic heterocycles. The Hall–Kier alpha value is -3.79. The van der Waals surface area contributed by atoms with E-state index in [-0.39, 0.29) is 5.54 Å². The first-order chi connectivity index (χ1) is 17.6. The van der Waals surface area contributed by atoms with Gasteiger partial charge in [0.1, 0.15) is 11.5 Å². The average Bonchev–Trinajstić information content (AvgIpc) is 3.09. The molecule has 4 heteroatoms. The number of benzene rings is 3. The maximum Gasteiger partial charge on any atom is 0.213 e. The topological polar surface area (TPSA) is 25.6 Å². The monoisotopic (exact) mass is 479 g/mol. The van der Waals surface area contributed by atoms with E-state index >= 15 is 0 Å². The Kier molecular flexibility index (Phi) is 6.69. The number of nitrogens with zero attached hydrogens (tertiary/aromatic N) is 2. The predicted octanol–water partition coefficient (Wildman–Crippen LogP) is 7.59. The summed E-state index contributed by atoms with van der Waals surface area (Å²) >= 11 is 0. The summed E-state index contributed by atoms with van der Waals surface area (Å²) in [6.45, 7) is 4.65. The van der Waals surface area contributed by atoms with Crippen LogP contribution >= 0.6 is 0 Å². The van der Waals surface area contributed by atoms with Crippen molar-refractivity contribution in [1.82, 2.24) is 0 Å². The Morgan fingerprint density at radius 1 is 0.750 bits per heavy atom. The minimum Gasteiger partial charge on any atom is -0.497 e. The standard InChI is InChI=1S/C32H35N2O2/c1-5-32(6-2)21-20-24-10-11-27(23-30(24)31-9-7-8-22-33(31)32)34(25-12-16-28(35-3)17-13-25)26-14-18-29(36-4)19-15-26/h7-19,22-23H,5-6,20-21H2,1-4H3/q+1. The van der Waals surface area contributed by atoms with Gasteiger partial charge in [-0.1, -0.05) is 19.9 Å². The van der Waals surface area contributed by atoms with Crippen molar-refractivity contribution >= 4 is 17.1 Å². The van der Waals surface area contributed by atoms with Gasteiger partial charge in [0.2, 0.25) is 5.69 Å². The molecule has 0 bridgehead atoms. The fourth-order valence-electron chi connectivity index (χ4n) is 5.58. The molecule has 36 heavy (non-hydrogen) atoms. The molecule has 0 radical (unpaired) electrons.